The van der Waals surface area contributed by atoms with Crippen molar-refractivity contribution in [2.45, 2.75) is 0 Å². The van der Waals surface area contributed by atoms with Gasteiger partial charge in [0.05, 0.1) is 13.2 Å². The van der Waals surface area contributed by atoms with E-state index >= 15 is 0 Å². The van der Waals surface area contributed by atoms with Crippen molar-refractivity contribution in [1.29, 1.82) is 0 Å². The average molecular weight is 151 g/mol. The first-order chi connectivity index (χ1) is 5.25. The summed E-state index contributed by atoms with van der Waals surface area (Å²) in [5, 5.41) is 0. The Bertz CT molecular complexity index is 196. The van der Waals surface area contributed by atoms with Crippen LogP contribution < -0.4 is 0 Å². The lowest BCUT2D eigenvalue weighted by Crippen LogP contribution is -2.32. The summed E-state index contributed by atoms with van der Waals surface area (Å²) in [7, 11) is 0. The second-order valence-electron chi connectivity index (χ2n) is 2.47. The lowest BCUT2D eigenvalue weighted by Gasteiger charge is -2.30. The number of nitrogens with zero attached hydrogens (tertiary/aromatic N) is 1. The first kappa shape index (κ1) is 8.08. The predicted octanol–water partition coefficient (Wildman–Crippen LogP) is 1.53. The van der Waals surface area contributed by atoms with Gasteiger partial charge in [0.1, 0.15) is 0 Å². The second-order valence-corrected chi connectivity index (χ2v) is 2.47. The fraction of sp³-hybridized carbons (Fsp3) is 0.333. The third-order valence-electron chi connectivity index (χ3n) is 1.69. The second kappa shape index (κ2) is 3.39. The molecule has 11 heavy (non-hydrogen) atoms. The minimum Gasteiger partial charge on any atom is -0.373 e. The first-order valence-corrected chi connectivity index (χ1v) is 3.60. The van der Waals surface area contributed by atoms with Crippen LogP contribution in [0.1, 0.15) is 0 Å². The Morgan fingerprint density at radius 3 is 2.91 bits per heavy atom. The summed E-state index contributed by atoms with van der Waals surface area (Å²) in [6.07, 6.45) is 1.73. The van der Waals surface area contributed by atoms with Gasteiger partial charge in [-0.2, -0.15) is 0 Å². The smallest absolute Gasteiger partial charge is 0.0862 e. The monoisotopic (exact) mass is 151 g/mol. The van der Waals surface area contributed by atoms with Crippen molar-refractivity contribution < 1.29 is 4.74 Å². The highest BCUT2D eigenvalue weighted by molar-refractivity contribution is 5.17. The number of ether oxygens (including phenoxy) is 1. The summed E-state index contributed by atoms with van der Waals surface area (Å²) in [4.78, 5) is 2.02. The molecule has 1 aliphatic heterocycles. The van der Waals surface area contributed by atoms with E-state index in [0.29, 0.717) is 6.61 Å². The van der Waals surface area contributed by atoms with E-state index in [4.69, 9.17) is 4.74 Å². The summed E-state index contributed by atoms with van der Waals surface area (Å²) >= 11 is 0. The molecule has 0 aromatic heterocycles. The SMILES string of the molecule is C=CC(=C)N1CCOCC1=C. The molecular weight excluding hydrogens is 138 g/mol. The molecule has 0 aromatic rings. The molecule has 0 spiro atoms. The highest BCUT2D eigenvalue weighted by atomic mass is 16.5. The van der Waals surface area contributed by atoms with Crippen molar-refractivity contribution in [2.24, 2.45) is 0 Å². The lowest BCUT2D eigenvalue weighted by molar-refractivity contribution is 0.0893. The van der Waals surface area contributed by atoms with E-state index in [-0.39, 0.29) is 0 Å². The zero-order valence-corrected chi connectivity index (χ0v) is 6.68. The van der Waals surface area contributed by atoms with Crippen LogP contribution in [0, 0.1) is 0 Å². The van der Waals surface area contributed by atoms with Crippen LogP contribution in [0.5, 0.6) is 0 Å². The van der Waals surface area contributed by atoms with E-state index in [1.165, 1.54) is 0 Å². The van der Waals surface area contributed by atoms with Gasteiger partial charge in [0.15, 0.2) is 0 Å². The van der Waals surface area contributed by atoms with E-state index in [9.17, 15) is 0 Å². The Hall–Kier alpha value is -1.02. The lowest BCUT2D eigenvalue weighted by atomic mass is 10.3. The predicted molar refractivity (Wildman–Crippen MR) is 46.0 cm³/mol. The Morgan fingerprint density at radius 2 is 2.36 bits per heavy atom. The largest absolute Gasteiger partial charge is 0.373 e. The van der Waals surface area contributed by atoms with Crippen LogP contribution in [0.2, 0.25) is 0 Å². The summed E-state index contributed by atoms with van der Waals surface area (Å²) in [6, 6.07) is 0. The normalized spacial score (nSPS) is 18.2. The van der Waals surface area contributed by atoms with Crippen LogP contribution in [0.15, 0.2) is 37.2 Å². The highest BCUT2D eigenvalue weighted by Crippen LogP contribution is 2.14. The van der Waals surface area contributed by atoms with E-state index < -0.39 is 0 Å². The number of hydrogen-bond donors (Lipinski definition) is 0. The number of morpholine rings is 1. The zero-order valence-electron chi connectivity index (χ0n) is 6.68. The summed E-state index contributed by atoms with van der Waals surface area (Å²) in [5.41, 5.74) is 1.86. The molecule has 0 atom stereocenters. The van der Waals surface area contributed by atoms with Gasteiger partial charge >= 0.3 is 0 Å². The van der Waals surface area contributed by atoms with Crippen LogP contribution in [0.3, 0.4) is 0 Å². The molecule has 1 rings (SSSR count). The molecule has 0 radical (unpaired) electrons. The molecule has 1 heterocycles. The van der Waals surface area contributed by atoms with E-state index in [1.54, 1.807) is 6.08 Å². The van der Waals surface area contributed by atoms with Crippen LogP contribution in [-0.2, 0) is 4.74 Å². The number of hydrogen-bond acceptors (Lipinski definition) is 2. The van der Waals surface area contributed by atoms with Gasteiger partial charge < -0.3 is 9.64 Å². The third kappa shape index (κ3) is 1.71. The van der Waals surface area contributed by atoms with Crippen LogP contribution in [-0.4, -0.2) is 24.7 Å². The summed E-state index contributed by atoms with van der Waals surface area (Å²) in [6.45, 7) is 13.5. The Kier molecular flexibility index (Phi) is 2.49. The van der Waals surface area contributed by atoms with Gasteiger partial charge in [-0.15, -0.1) is 0 Å². The molecule has 0 bridgehead atoms. The quantitative estimate of drug-likeness (QED) is 0.555. The molecule has 1 saturated heterocycles. The van der Waals surface area contributed by atoms with E-state index in [2.05, 4.69) is 19.7 Å². The van der Waals surface area contributed by atoms with E-state index in [0.717, 1.165) is 24.5 Å². The van der Waals surface area contributed by atoms with Crippen LogP contribution in [0.25, 0.3) is 0 Å². The average Bonchev–Trinajstić information content (AvgIpc) is 2.04. The molecule has 0 saturated carbocycles. The van der Waals surface area contributed by atoms with Crippen molar-refractivity contribution in [3.63, 3.8) is 0 Å². The fourth-order valence-corrected chi connectivity index (χ4v) is 1.04. The van der Waals surface area contributed by atoms with E-state index in [1.807, 2.05) is 4.90 Å². The minimum absolute atomic E-state index is 0.604. The topological polar surface area (TPSA) is 12.5 Å². The van der Waals surface area contributed by atoms with Gasteiger partial charge in [-0.3, -0.25) is 0 Å². The van der Waals surface area contributed by atoms with Gasteiger partial charge in [-0.05, 0) is 6.08 Å². The number of allylic oxidation sites excluding steroid dienone is 1. The molecule has 60 valence electrons. The van der Waals surface area contributed by atoms with Crippen molar-refractivity contribution in [1.82, 2.24) is 4.90 Å². The highest BCUT2D eigenvalue weighted by Gasteiger charge is 2.13. The minimum atomic E-state index is 0.604. The molecular formula is C9H13NO. The molecule has 2 nitrogen and oxygen atoms in total. The maximum absolute atomic E-state index is 5.19. The standard InChI is InChI=1S/C9H13NO/c1-4-8(2)10-5-6-11-7-9(10)3/h4H,1-3,5-7H2. The van der Waals surface area contributed by atoms with Gasteiger partial charge in [0, 0.05) is 17.9 Å². The summed E-state index contributed by atoms with van der Waals surface area (Å²) < 4.78 is 5.19. The van der Waals surface area contributed by atoms with Crippen molar-refractivity contribution in [3.8, 4) is 0 Å². The van der Waals surface area contributed by atoms with Crippen molar-refractivity contribution in [2.75, 3.05) is 19.8 Å². The molecule has 1 aliphatic rings. The molecule has 0 amide bonds. The van der Waals surface area contributed by atoms with Gasteiger partial charge in [-0.1, -0.05) is 19.7 Å². The molecule has 0 unspecified atom stereocenters. The zero-order chi connectivity index (χ0) is 8.27. The van der Waals surface area contributed by atoms with Gasteiger partial charge in [-0.25, -0.2) is 0 Å². The maximum atomic E-state index is 5.19. The third-order valence-corrected chi connectivity index (χ3v) is 1.69. The Labute approximate surface area is 67.5 Å². The Morgan fingerprint density at radius 1 is 1.64 bits per heavy atom. The first-order valence-electron chi connectivity index (χ1n) is 3.60. The van der Waals surface area contributed by atoms with Crippen LogP contribution >= 0.6 is 0 Å². The molecule has 0 aliphatic carbocycles. The molecule has 2 heteroatoms. The Balaban J connectivity index is 2.61. The number of rotatable bonds is 2. The van der Waals surface area contributed by atoms with Crippen molar-refractivity contribution >= 4 is 0 Å². The molecule has 1 fully saturated rings. The van der Waals surface area contributed by atoms with Gasteiger partial charge in [0.2, 0.25) is 0 Å². The van der Waals surface area contributed by atoms with Crippen molar-refractivity contribution in [3.05, 3.63) is 37.2 Å². The van der Waals surface area contributed by atoms with Crippen LogP contribution in [0.4, 0.5) is 0 Å². The maximum Gasteiger partial charge on any atom is 0.0862 e. The summed E-state index contributed by atoms with van der Waals surface area (Å²) in [5.74, 6) is 0. The molecule has 0 N–H and O–H groups in total. The molecule has 0 aromatic carbocycles. The fourth-order valence-electron chi connectivity index (χ4n) is 1.04. The van der Waals surface area contributed by atoms with Gasteiger partial charge in [0.25, 0.3) is 0 Å².